The molecular weight excluding hydrogens is 264 g/mol. The number of aryl methyl sites for hydroxylation is 1. The van der Waals surface area contributed by atoms with Gasteiger partial charge in [0.15, 0.2) is 11.5 Å². The summed E-state index contributed by atoms with van der Waals surface area (Å²) in [5.41, 5.74) is 1.94. The second-order valence-electron chi connectivity index (χ2n) is 4.88. The summed E-state index contributed by atoms with van der Waals surface area (Å²) in [6, 6.07) is 1.85. The molecule has 0 atom stereocenters. The fourth-order valence-electron chi connectivity index (χ4n) is 2.49. The quantitative estimate of drug-likeness (QED) is 0.885. The Hall–Kier alpha value is -0.970. The number of piperazine rings is 1. The van der Waals surface area contributed by atoms with Gasteiger partial charge in [0.05, 0.1) is 12.1 Å². The van der Waals surface area contributed by atoms with Crippen LogP contribution in [0.15, 0.2) is 6.07 Å². The number of nitrogens with one attached hydrogen (secondary N) is 1. The first kappa shape index (κ1) is 14.4. The molecule has 1 aliphatic rings. The van der Waals surface area contributed by atoms with Gasteiger partial charge >= 0.3 is 0 Å². The molecule has 1 saturated heterocycles. The van der Waals surface area contributed by atoms with Crippen LogP contribution in [0, 0.1) is 6.92 Å². The standard InChI is InChI=1S/C14H21ClN2O2/c1-10-9-12(15)14(19-2)13(18)11(10)3-6-17-7-4-16-5-8-17/h9,16,18H,3-8H2,1-2H3. The smallest absolute Gasteiger partial charge is 0.179 e. The van der Waals surface area contributed by atoms with Crippen molar-refractivity contribution in [2.24, 2.45) is 0 Å². The Balaban J connectivity index is 2.10. The summed E-state index contributed by atoms with van der Waals surface area (Å²) in [7, 11) is 1.52. The van der Waals surface area contributed by atoms with Crippen molar-refractivity contribution in [3.05, 3.63) is 22.2 Å². The van der Waals surface area contributed by atoms with Gasteiger partial charge in [0.2, 0.25) is 0 Å². The molecule has 0 bridgehead atoms. The number of phenolic OH excluding ortho intramolecular Hbond substituents is 1. The number of hydrogen-bond acceptors (Lipinski definition) is 4. The third-order valence-corrected chi connectivity index (χ3v) is 3.91. The predicted octanol–water partition coefficient (Wildman–Crippen LogP) is 1.81. The summed E-state index contributed by atoms with van der Waals surface area (Å²) >= 11 is 6.05. The lowest BCUT2D eigenvalue weighted by atomic mass is 10.0. The summed E-state index contributed by atoms with van der Waals surface area (Å²) in [6.45, 7) is 7.11. The fraction of sp³-hybridized carbons (Fsp3) is 0.571. The van der Waals surface area contributed by atoms with Gasteiger partial charge in [-0.3, -0.25) is 0 Å². The zero-order valence-corrected chi connectivity index (χ0v) is 12.3. The number of hydrogen-bond donors (Lipinski definition) is 2. The van der Waals surface area contributed by atoms with Gasteiger partial charge in [0.25, 0.3) is 0 Å². The van der Waals surface area contributed by atoms with E-state index < -0.39 is 0 Å². The highest BCUT2D eigenvalue weighted by atomic mass is 35.5. The normalized spacial score (nSPS) is 16.6. The van der Waals surface area contributed by atoms with Gasteiger partial charge in [-0.05, 0) is 25.0 Å². The van der Waals surface area contributed by atoms with Gasteiger partial charge < -0.3 is 20.1 Å². The molecule has 0 spiro atoms. The zero-order chi connectivity index (χ0) is 13.8. The van der Waals surface area contributed by atoms with Crippen LogP contribution in [0.1, 0.15) is 11.1 Å². The van der Waals surface area contributed by atoms with E-state index in [2.05, 4.69) is 10.2 Å². The lowest BCUT2D eigenvalue weighted by Gasteiger charge is -2.27. The van der Waals surface area contributed by atoms with E-state index in [1.54, 1.807) is 0 Å². The number of rotatable bonds is 4. The summed E-state index contributed by atoms with van der Waals surface area (Å²) in [4.78, 5) is 2.40. The highest BCUT2D eigenvalue weighted by molar-refractivity contribution is 6.32. The van der Waals surface area contributed by atoms with Crippen LogP contribution in [0.4, 0.5) is 0 Å². The molecule has 2 rings (SSSR count). The Morgan fingerprint density at radius 1 is 1.42 bits per heavy atom. The Morgan fingerprint density at radius 3 is 2.74 bits per heavy atom. The topological polar surface area (TPSA) is 44.7 Å². The van der Waals surface area contributed by atoms with Crippen molar-refractivity contribution in [2.75, 3.05) is 39.8 Å². The number of ether oxygens (including phenoxy) is 1. The van der Waals surface area contributed by atoms with Gasteiger partial charge in [0.1, 0.15) is 0 Å². The molecule has 4 nitrogen and oxygen atoms in total. The number of methoxy groups -OCH3 is 1. The minimum Gasteiger partial charge on any atom is -0.504 e. The van der Waals surface area contributed by atoms with E-state index in [9.17, 15) is 5.11 Å². The van der Waals surface area contributed by atoms with Crippen molar-refractivity contribution >= 4 is 11.6 Å². The second-order valence-corrected chi connectivity index (χ2v) is 5.28. The summed E-state index contributed by atoms with van der Waals surface area (Å²) in [5, 5.41) is 14.0. The van der Waals surface area contributed by atoms with Gasteiger partial charge in [-0.2, -0.15) is 0 Å². The average molecular weight is 285 g/mol. The van der Waals surface area contributed by atoms with Crippen LogP contribution < -0.4 is 10.1 Å². The number of nitrogens with zero attached hydrogens (tertiary/aromatic N) is 1. The van der Waals surface area contributed by atoms with Gasteiger partial charge in [-0.1, -0.05) is 11.6 Å². The lowest BCUT2D eigenvalue weighted by molar-refractivity contribution is 0.243. The molecule has 0 unspecified atom stereocenters. The SMILES string of the molecule is COc1c(Cl)cc(C)c(CCN2CCNCC2)c1O. The molecule has 19 heavy (non-hydrogen) atoms. The molecule has 106 valence electrons. The van der Waals surface area contributed by atoms with Crippen LogP contribution >= 0.6 is 11.6 Å². The van der Waals surface area contributed by atoms with Crippen molar-refractivity contribution in [1.82, 2.24) is 10.2 Å². The molecule has 2 N–H and O–H groups in total. The molecule has 5 heteroatoms. The molecule has 1 fully saturated rings. The van der Waals surface area contributed by atoms with E-state index in [0.717, 1.165) is 50.3 Å². The molecule has 1 aliphatic heterocycles. The molecule has 0 radical (unpaired) electrons. The molecule has 0 aliphatic carbocycles. The molecule has 0 amide bonds. The highest BCUT2D eigenvalue weighted by Crippen LogP contribution is 2.39. The molecular formula is C14H21ClN2O2. The van der Waals surface area contributed by atoms with Crippen molar-refractivity contribution in [3.63, 3.8) is 0 Å². The maximum Gasteiger partial charge on any atom is 0.179 e. The number of aromatic hydroxyl groups is 1. The molecule has 1 heterocycles. The Kier molecular flexibility index (Phi) is 4.91. The van der Waals surface area contributed by atoms with Crippen LogP contribution in [0.5, 0.6) is 11.5 Å². The molecule has 1 aromatic rings. The monoisotopic (exact) mass is 284 g/mol. The number of halogens is 1. The van der Waals surface area contributed by atoms with Crippen molar-refractivity contribution < 1.29 is 9.84 Å². The number of phenols is 1. The van der Waals surface area contributed by atoms with Crippen LogP contribution in [-0.2, 0) is 6.42 Å². The Morgan fingerprint density at radius 2 is 2.11 bits per heavy atom. The first-order valence-corrected chi connectivity index (χ1v) is 6.99. The predicted molar refractivity (Wildman–Crippen MR) is 77.4 cm³/mol. The fourth-order valence-corrected chi connectivity index (χ4v) is 2.82. The van der Waals surface area contributed by atoms with E-state index in [1.807, 2.05) is 13.0 Å². The largest absolute Gasteiger partial charge is 0.504 e. The Labute approximate surface area is 119 Å². The maximum absolute atomic E-state index is 10.2. The summed E-state index contributed by atoms with van der Waals surface area (Å²) < 4.78 is 5.16. The Bertz CT molecular complexity index is 446. The minimum absolute atomic E-state index is 0.183. The molecule has 0 aromatic heterocycles. The van der Waals surface area contributed by atoms with Crippen molar-refractivity contribution in [3.8, 4) is 11.5 Å². The summed E-state index contributed by atoms with van der Waals surface area (Å²) in [6.07, 6.45) is 0.811. The van der Waals surface area contributed by atoms with E-state index >= 15 is 0 Å². The van der Waals surface area contributed by atoms with Crippen LogP contribution in [-0.4, -0.2) is 49.8 Å². The maximum atomic E-state index is 10.2. The third-order valence-electron chi connectivity index (χ3n) is 3.63. The van der Waals surface area contributed by atoms with E-state index in [4.69, 9.17) is 16.3 Å². The minimum atomic E-state index is 0.183. The first-order chi connectivity index (χ1) is 9.13. The van der Waals surface area contributed by atoms with Crippen molar-refractivity contribution in [1.29, 1.82) is 0 Å². The third kappa shape index (κ3) is 3.32. The van der Waals surface area contributed by atoms with Gasteiger partial charge in [-0.25, -0.2) is 0 Å². The van der Waals surface area contributed by atoms with E-state index in [1.165, 1.54) is 7.11 Å². The number of benzene rings is 1. The first-order valence-electron chi connectivity index (χ1n) is 6.61. The summed E-state index contributed by atoms with van der Waals surface area (Å²) in [5.74, 6) is 0.560. The highest BCUT2D eigenvalue weighted by Gasteiger charge is 2.17. The average Bonchev–Trinajstić information content (AvgIpc) is 2.39. The van der Waals surface area contributed by atoms with Gasteiger partial charge in [-0.15, -0.1) is 0 Å². The van der Waals surface area contributed by atoms with Crippen LogP contribution in [0.2, 0.25) is 5.02 Å². The van der Waals surface area contributed by atoms with Crippen LogP contribution in [0.3, 0.4) is 0 Å². The molecule has 0 saturated carbocycles. The van der Waals surface area contributed by atoms with Gasteiger partial charge in [0, 0.05) is 38.3 Å². The second kappa shape index (κ2) is 6.46. The zero-order valence-electron chi connectivity index (χ0n) is 11.5. The molecule has 1 aromatic carbocycles. The van der Waals surface area contributed by atoms with Crippen LogP contribution in [0.25, 0.3) is 0 Å². The van der Waals surface area contributed by atoms with E-state index in [0.29, 0.717) is 10.8 Å². The van der Waals surface area contributed by atoms with E-state index in [-0.39, 0.29) is 5.75 Å². The lowest BCUT2D eigenvalue weighted by Crippen LogP contribution is -2.44. The van der Waals surface area contributed by atoms with Crippen molar-refractivity contribution in [2.45, 2.75) is 13.3 Å².